The highest BCUT2D eigenvalue weighted by Crippen LogP contribution is 2.54. The summed E-state index contributed by atoms with van der Waals surface area (Å²) >= 11 is 6.22. The Hall–Kier alpha value is -0.0800. The van der Waals surface area contributed by atoms with E-state index in [1.807, 2.05) is 11.8 Å². The summed E-state index contributed by atoms with van der Waals surface area (Å²) in [5.41, 5.74) is 1.50. The minimum absolute atomic E-state index is 1.14. The lowest BCUT2D eigenvalue weighted by Gasteiger charge is -1.95. The van der Waals surface area contributed by atoms with Gasteiger partial charge in [-0.1, -0.05) is 31.2 Å². The first-order chi connectivity index (χ1) is 5.33. The molecule has 0 saturated carbocycles. The van der Waals surface area contributed by atoms with E-state index in [9.17, 15) is 0 Å². The molecule has 0 nitrogen and oxygen atoms in total. The van der Waals surface area contributed by atoms with Crippen molar-refractivity contribution in [3.63, 3.8) is 0 Å². The van der Waals surface area contributed by atoms with Gasteiger partial charge in [0.25, 0.3) is 0 Å². The fraction of sp³-hybridized carbons (Fsp3) is 0.333. The van der Waals surface area contributed by atoms with E-state index in [1.165, 1.54) is 28.2 Å². The Morgan fingerprint density at radius 2 is 2.18 bits per heavy atom. The monoisotopic (exact) mass is 182 g/mol. The van der Waals surface area contributed by atoms with Crippen LogP contribution in [0.15, 0.2) is 26.8 Å². The van der Waals surface area contributed by atoms with Gasteiger partial charge in [-0.25, -0.2) is 0 Å². The predicted molar refractivity (Wildman–Crippen MR) is 51.8 cm³/mol. The summed E-state index contributed by atoms with van der Waals surface area (Å²) in [6.07, 6.45) is 2.45. The molecule has 1 aliphatic rings. The highest BCUT2D eigenvalue weighted by Gasteiger charge is 2.24. The van der Waals surface area contributed by atoms with Crippen molar-refractivity contribution in [3.8, 4) is 0 Å². The summed E-state index contributed by atoms with van der Waals surface area (Å²) in [5.74, 6) is 0. The number of benzene rings is 1. The van der Waals surface area contributed by atoms with E-state index >= 15 is 0 Å². The molecule has 0 aliphatic carbocycles. The van der Waals surface area contributed by atoms with Crippen LogP contribution < -0.4 is 0 Å². The fourth-order valence-electron chi connectivity index (χ4n) is 1.25. The molecule has 0 N–H and O–H groups in total. The van der Waals surface area contributed by atoms with E-state index in [1.54, 1.807) is 0 Å². The third-order valence-corrected chi connectivity index (χ3v) is 3.47. The first kappa shape index (κ1) is 7.56. The Bertz CT molecular complexity index is 292. The van der Waals surface area contributed by atoms with Gasteiger partial charge in [0.05, 0.1) is 0 Å². The van der Waals surface area contributed by atoms with Gasteiger partial charge in [-0.15, -0.1) is 12.6 Å². The van der Waals surface area contributed by atoms with Crippen molar-refractivity contribution < 1.29 is 0 Å². The molecule has 0 unspecified atom stereocenters. The van der Waals surface area contributed by atoms with Gasteiger partial charge >= 0.3 is 0 Å². The van der Waals surface area contributed by atoms with Crippen molar-refractivity contribution in [2.45, 2.75) is 34.5 Å². The third kappa shape index (κ3) is 1.30. The van der Waals surface area contributed by atoms with Crippen LogP contribution in [0.25, 0.3) is 0 Å². The Morgan fingerprint density at radius 1 is 1.36 bits per heavy atom. The molecule has 0 fully saturated rings. The maximum Gasteiger partial charge on any atom is 0.0398 e. The zero-order chi connectivity index (χ0) is 7.84. The summed E-state index contributed by atoms with van der Waals surface area (Å²) in [5, 5.41) is 0. The molecular weight excluding hydrogens is 172 g/mol. The normalized spacial score (nSPS) is 12.9. The highest BCUT2D eigenvalue weighted by atomic mass is 32.2. The fourth-order valence-corrected chi connectivity index (χ4v) is 2.52. The lowest BCUT2D eigenvalue weighted by Crippen LogP contribution is -1.80. The van der Waals surface area contributed by atoms with Crippen LogP contribution in [0, 0.1) is 0 Å². The lowest BCUT2D eigenvalue weighted by molar-refractivity contribution is 0.894. The van der Waals surface area contributed by atoms with Crippen LogP contribution in [-0.2, 0) is 6.42 Å². The molecule has 1 heterocycles. The van der Waals surface area contributed by atoms with E-state index in [-0.39, 0.29) is 0 Å². The molecule has 0 radical (unpaired) electrons. The standard InChI is InChI=1S/C9H10S2/c1-2-3-6-4-5-7(10)9-8(6)11-9/h4-5,10H,2-3H2,1H3. The number of aryl methyl sites for hydroxylation is 1. The smallest absolute Gasteiger partial charge is 0.0398 e. The molecule has 1 aromatic carbocycles. The summed E-state index contributed by atoms with van der Waals surface area (Å²) in [6, 6.07) is 4.30. The van der Waals surface area contributed by atoms with Gasteiger partial charge < -0.3 is 0 Å². The van der Waals surface area contributed by atoms with Crippen LogP contribution in [0.4, 0.5) is 0 Å². The first-order valence-corrected chi connectivity index (χ1v) is 5.12. The van der Waals surface area contributed by atoms with E-state index in [0.717, 1.165) is 4.90 Å². The Labute approximate surface area is 76.8 Å². The van der Waals surface area contributed by atoms with E-state index in [0.29, 0.717) is 0 Å². The Balaban J connectivity index is 2.33. The molecule has 2 heteroatoms. The molecular formula is C9H10S2. The second-order valence-electron chi connectivity index (χ2n) is 2.75. The summed E-state index contributed by atoms with van der Waals surface area (Å²) in [6.45, 7) is 2.22. The number of fused-ring (bicyclic) bond motifs is 1. The summed E-state index contributed by atoms with van der Waals surface area (Å²) < 4.78 is 0. The topological polar surface area (TPSA) is 0 Å². The predicted octanol–water partition coefficient (Wildman–Crippen LogP) is 3.39. The largest absolute Gasteiger partial charge is 0.142 e. The van der Waals surface area contributed by atoms with Crippen LogP contribution in [0.2, 0.25) is 0 Å². The Kier molecular flexibility index (Phi) is 1.90. The molecule has 0 saturated heterocycles. The summed E-state index contributed by atoms with van der Waals surface area (Å²) in [4.78, 5) is 4.03. The number of hydrogen-bond acceptors (Lipinski definition) is 2. The van der Waals surface area contributed by atoms with Gasteiger partial charge in [-0.05, 0) is 18.1 Å². The zero-order valence-electron chi connectivity index (χ0n) is 6.42. The molecule has 0 atom stereocenters. The number of thiol groups is 1. The van der Waals surface area contributed by atoms with E-state index in [2.05, 4.69) is 31.7 Å². The SMILES string of the molecule is CCCc1ccc(S)c2c1S2. The molecule has 11 heavy (non-hydrogen) atoms. The second kappa shape index (κ2) is 2.76. The first-order valence-electron chi connectivity index (χ1n) is 3.85. The van der Waals surface area contributed by atoms with Crippen molar-refractivity contribution in [1.29, 1.82) is 0 Å². The van der Waals surface area contributed by atoms with Crippen LogP contribution in [-0.4, -0.2) is 0 Å². The van der Waals surface area contributed by atoms with Crippen molar-refractivity contribution in [2.24, 2.45) is 0 Å². The lowest BCUT2D eigenvalue weighted by atomic mass is 10.1. The molecule has 0 spiro atoms. The quantitative estimate of drug-likeness (QED) is 0.548. The van der Waals surface area contributed by atoms with Crippen LogP contribution in [0.3, 0.4) is 0 Å². The van der Waals surface area contributed by atoms with Crippen molar-refractivity contribution in [1.82, 2.24) is 0 Å². The molecule has 58 valence electrons. The van der Waals surface area contributed by atoms with Gasteiger partial charge in [0.15, 0.2) is 0 Å². The molecule has 0 amide bonds. The average molecular weight is 182 g/mol. The van der Waals surface area contributed by atoms with Crippen LogP contribution in [0.5, 0.6) is 0 Å². The van der Waals surface area contributed by atoms with Crippen LogP contribution in [0.1, 0.15) is 18.9 Å². The van der Waals surface area contributed by atoms with Crippen molar-refractivity contribution in [2.75, 3.05) is 0 Å². The van der Waals surface area contributed by atoms with Gasteiger partial charge in [0.1, 0.15) is 0 Å². The maximum atomic E-state index is 4.34. The minimum atomic E-state index is 1.14. The van der Waals surface area contributed by atoms with Crippen LogP contribution >= 0.6 is 24.4 Å². The average Bonchev–Trinajstić information content (AvgIpc) is 2.75. The maximum absolute atomic E-state index is 4.34. The molecule has 1 aromatic rings. The van der Waals surface area contributed by atoms with E-state index in [4.69, 9.17) is 0 Å². The molecule has 0 bridgehead atoms. The molecule has 0 aromatic heterocycles. The van der Waals surface area contributed by atoms with Gasteiger partial charge in [0.2, 0.25) is 0 Å². The Morgan fingerprint density at radius 3 is 2.91 bits per heavy atom. The number of hydrogen-bond donors (Lipinski definition) is 1. The van der Waals surface area contributed by atoms with Gasteiger partial charge in [0, 0.05) is 14.7 Å². The summed E-state index contributed by atoms with van der Waals surface area (Å²) in [7, 11) is 0. The zero-order valence-corrected chi connectivity index (χ0v) is 8.14. The van der Waals surface area contributed by atoms with Gasteiger partial charge in [-0.3, -0.25) is 0 Å². The van der Waals surface area contributed by atoms with Crippen molar-refractivity contribution in [3.05, 3.63) is 17.7 Å². The minimum Gasteiger partial charge on any atom is -0.142 e. The van der Waals surface area contributed by atoms with E-state index < -0.39 is 0 Å². The molecule has 1 aliphatic heterocycles. The molecule has 2 rings (SSSR count). The van der Waals surface area contributed by atoms with Crippen molar-refractivity contribution >= 4 is 24.4 Å². The van der Waals surface area contributed by atoms with Gasteiger partial charge in [-0.2, -0.15) is 0 Å². The third-order valence-electron chi connectivity index (χ3n) is 1.85. The highest BCUT2D eigenvalue weighted by molar-refractivity contribution is 8.05. The second-order valence-corrected chi connectivity index (χ2v) is 4.26. The number of rotatable bonds is 2.